The minimum Gasteiger partial charge on any atom is -0.383 e. The molecule has 0 atom stereocenters. The van der Waals surface area contributed by atoms with Crippen LogP contribution in [0.2, 0.25) is 5.02 Å². The van der Waals surface area contributed by atoms with E-state index in [2.05, 4.69) is 23.7 Å². The van der Waals surface area contributed by atoms with Crippen molar-refractivity contribution in [1.82, 2.24) is 14.2 Å². The summed E-state index contributed by atoms with van der Waals surface area (Å²) in [6.45, 7) is 7.92. The zero-order valence-electron chi connectivity index (χ0n) is 22.2. The number of carbonyl (C=O) groups excluding carboxylic acids is 1. The summed E-state index contributed by atoms with van der Waals surface area (Å²) in [5.74, 6) is -0.248. The fourth-order valence-electron chi connectivity index (χ4n) is 3.88. The van der Waals surface area contributed by atoms with Gasteiger partial charge in [0, 0.05) is 51.0 Å². The highest BCUT2D eigenvalue weighted by Crippen LogP contribution is 2.31. The van der Waals surface area contributed by atoms with E-state index in [9.17, 15) is 13.2 Å². The number of hydrogen-bond acceptors (Lipinski definition) is 8. The van der Waals surface area contributed by atoms with E-state index in [4.69, 9.17) is 21.1 Å². The summed E-state index contributed by atoms with van der Waals surface area (Å²) >= 11 is 7.56. The molecule has 9 nitrogen and oxygen atoms in total. The highest BCUT2D eigenvalue weighted by molar-refractivity contribution is 7.89. The molecule has 0 saturated heterocycles. The van der Waals surface area contributed by atoms with Gasteiger partial charge in [0.15, 0.2) is 5.13 Å². The second kappa shape index (κ2) is 14.3. The lowest BCUT2D eigenvalue weighted by molar-refractivity contribution is 0.0983. The first kappa shape index (κ1) is 30.4. The van der Waals surface area contributed by atoms with Crippen LogP contribution in [0.15, 0.2) is 47.4 Å². The van der Waals surface area contributed by atoms with Crippen LogP contribution in [0.4, 0.5) is 5.13 Å². The fourth-order valence-corrected chi connectivity index (χ4v) is 6.55. The van der Waals surface area contributed by atoms with Crippen molar-refractivity contribution in [2.75, 3.05) is 71.6 Å². The molecule has 0 spiro atoms. The molecule has 0 bridgehead atoms. The maximum absolute atomic E-state index is 13.7. The van der Waals surface area contributed by atoms with E-state index >= 15 is 0 Å². The van der Waals surface area contributed by atoms with Crippen molar-refractivity contribution in [3.8, 4) is 0 Å². The van der Waals surface area contributed by atoms with Gasteiger partial charge in [-0.15, -0.1) is 0 Å². The number of methoxy groups -OCH3 is 2. The van der Waals surface area contributed by atoms with E-state index in [-0.39, 0.29) is 37.1 Å². The fraction of sp³-hybridized carbons (Fsp3) is 0.462. The molecular formula is C26H35ClN4O5S2. The Morgan fingerprint density at radius 2 is 1.58 bits per heavy atom. The Bertz CT molecular complexity index is 1290. The molecule has 0 aliphatic heterocycles. The van der Waals surface area contributed by atoms with Crippen molar-refractivity contribution < 1.29 is 22.7 Å². The van der Waals surface area contributed by atoms with Gasteiger partial charge in [-0.05, 0) is 55.6 Å². The summed E-state index contributed by atoms with van der Waals surface area (Å²) in [5, 5.41) is 1.18. The first-order chi connectivity index (χ1) is 18.2. The van der Waals surface area contributed by atoms with Crippen LogP contribution in [0.25, 0.3) is 10.2 Å². The second-order valence-electron chi connectivity index (χ2n) is 8.51. The lowest BCUT2D eigenvalue weighted by Gasteiger charge is -2.25. The number of anilines is 1. The quantitative estimate of drug-likeness (QED) is 0.265. The lowest BCUT2D eigenvalue weighted by Crippen LogP contribution is -2.39. The second-order valence-corrected chi connectivity index (χ2v) is 11.9. The van der Waals surface area contributed by atoms with Crippen LogP contribution in [-0.4, -0.2) is 95.2 Å². The van der Waals surface area contributed by atoms with Gasteiger partial charge in [-0.3, -0.25) is 9.69 Å². The number of sulfonamides is 1. The summed E-state index contributed by atoms with van der Waals surface area (Å²) in [5.41, 5.74) is 1.14. The van der Waals surface area contributed by atoms with Crippen molar-refractivity contribution >= 4 is 54.2 Å². The average Bonchev–Trinajstić information content (AvgIpc) is 3.33. The number of aromatic nitrogens is 1. The smallest absolute Gasteiger partial charge is 0.260 e. The number of benzene rings is 2. The number of thiazole rings is 1. The monoisotopic (exact) mass is 582 g/mol. The number of halogens is 1. The molecule has 3 aromatic rings. The zero-order valence-corrected chi connectivity index (χ0v) is 24.6. The van der Waals surface area contributed by atoms with Gasteiger partial charge in [0.2, 0.25) is 10.0 Å². The van der Waals surface area contributed by atoms with Gasteiger partial charge in [-0.1, -0.05) is 36.8 Å². The highest BCUT2D eigenvalue weighted by atomic mass is 35.5. The van der Waals surface area contributed by atoms with E-state index in [1.165, 1.54) is 42.0 Å². The van der Waals surface area contributed by atoms with Crippen molar-refractivity contribution in [3.63, 3.8) is 0 Å². The highest BCUT2D eigenvalue weighted by Gasteiger charge is 2.26. The van der Waals surface area contributed by atoms with E-state index in [0.29, 0.717) is 28.8 Å². The van der Waals surface area contributed by atoms with Gasteiger partial charge in [0.05, 0.1) is 28.3 Å². The van der Waals surface area contributed by atoms with E-state index in [0.717, 1.165) is 23.3 Å². The van der Waals surface area contributed by atoms with Crippen LogP contribution in [0.3, 0.4) is 0 Å². The maximum Gasteiger partial charge on any atom is 0.260 e. The predicted molar refractivity (Wildman–Crippen MR) is 153 cm³/mol. The Morgan fingerprint density at radius 3 is 2.16 bits per heavy atom. The largest absolute Gasteiger partial charge is 0.383 e. The van der Waals surface area contributed by atoms with Crippen molar-refractivity contribution in [2.24, 2.45) is 0 Å². The summed E-state index contributed by atoms with van der Waals surface area (Å²) in [4.78, 5) is 22.4. The van der Waals surface area contributed by atoms with Crippen molar-refractivity contribution in [1.29, 1.82) is 0 Å². The van der Waals surface area contributed by atoms with Gasteiger partial charge < -0.3 is 14.4 Å². The van der Waals surface area contributed by atoms with Crippen LogP contribution in [0.1, 0.15) is 24.2 Å². The molecule has 2 aromatic carbocycles. The van der Waals surface area contributed by atoms with Gasteiger partial charge >= 0.3 is 0 Å². The first-order valence-corrected chi connectivity index (χ1v) is 15.1. The Morgan fingerprint density at radius 1 is 0.947 bits per heavy atom. The number of carbonyl (C=O) groups is 1. The normalized spacial score (nSPS) is 12.1. The molecule has 1 amide bonds. The molecule has 3 rings (SSSR count). The van der Waals surface area contributed by atoms with Gasteiger partial charge in [0.25, 0.3) is 5.91 Å². The van der Waals surface area contributed by atoms with Gasteiger partial charge in [-0.25, -0.2) is 13.4 Å². The Kier molecular flexibility index (Phi) is 11.5. The zero-order chi connectivity index (χ0) is 27.7. The number of amides is 1. The number of hydrogen-bond donors (Lipinski definition) is 0. The average molecular weight is 583 g/mol. The van der Waals surface area contributed by atoms with Crippen molar-refractivity contribution in [2.45, 2.75) is 18.7 Å². The van der Waals surface area contributed by atoms with Crippen LogP contribution in [-0.2, 0) is 19.5 Å². The number of fused-ring (bicyclic) bond motifs is 1. The van der Waals surface area contributed by atoms with Crippen LogP contribution in [0, 0.1) is 0 Å². The SMILES string of the molecule is CCN(CC)CCN(C(=O)c1ccc(S(=O)(=O)N(CCOC)CCOC)cc1)c1nc2ccc(Cl)cc2s1. The van der Waals surface area contributed by atoms with Crippen LogP contribution >= 0.6 is 22.9 Å². The van der Waals surface area contributed by atoms with E-state index in [1.54, 1.807) is 23.1 Å². The van der Waals surface area contributed by atoms with Crippen molar-refractivity contribution in [3.05, 3.63) is 53.1 Å². The molecule has 0 unspecified atom stereocenters. The molecule has 0 saturated carbocycles. The number of ether oxygens (including phenoxy) is 2. The molecule has 12 heteroatoms. The Balaban J connectivity index is 1.90. The summed E-state index contributed by atoms with van der Waals surface area (Å²) in [6, 6.07) is 11.5. The predicted octanol–water partition coefficient (Wildman–Crippen LogP) is 4.22. The molecule has 1 aromatic heterocycles. The summed E-state index contributed by atoms with van der Waals surface area (Å²) in [7, 11) is -0.748. The van der Waals surface area contributed by atoms with E-state index < -0.39 is 10.0 Å². The summed E-state index contributed by atoms with van der Waals surface area (Å²) < 4.78 is 38.8. The topological polar surface area (TPSA) is 92.3 Å². The Labute approximate surface area is 234 Å². The Hall–Kier alpha value is -2.12. The standard InChI is InChI=1S/C26H35ClN4O5S2/c1-5-29(6-2)13-14-31(26-28-23-12-9-21(27)19-24(23)37-26)25(32)20-7-10-22(11-8-20)38(33,34)30(15-17-35-3)16-18-36-4/h7-12,19H,5-6,13-18H2,1-4H3. The first-order valence-electron chi connectivity index (χ1n) is 12.4. The third-order valence-electron chi connectivity index (χ3n) is 6.18. The third kappa shape index (κ3) is 7.50. The molecule has 0 radical (unpaired) electrons. The molecule has 0 aliphatic rings. The maximum atomic E-state index is 13.7. The third-order valence-corrected chi connectivity index (χ3v) is 9.37. The lowest BCUT2D eigenvalue weighted by atomic mass is 10.2. The minimum atomic E-state index is -3.79. The molecule has 38 heavy (non-hydrogen) atoms. The number of likely N-dealkylation sites (N-methyl/N-ethyl adjacent to an activating group) is 1. The molecular weight excluding hydrogens is 548 g/mol. The molecule has 1 heterocycles. The number of rotatable bonds is 15. The van der Waals surface area contributed by atoms with Crippen LogP contribution < -0.4 is 4.90 Å². The molecule has 0 N–H and O–H groups in total. The minimum absolute atomic E-state index is 0.102. The van der Waals surface area contributed by atoms with E-state index in [1.807, 2.05) is 12.1 Å². The molecule has 0 aliphatic carbocycles. The van der Waals surface area contributed by atoms with Gasteiger partial charge in [0.1, 0.15) is 0 Å². The molecule has 208 valence electrons. The van der Waals surface area contributed by atoms with Gasteiger partial charge in [-0.2, -0.15) is 4.31 Å². The van der Waals surface area contributed by atoms with Crippen LogP contribution in [0.5, 0.6) is 0 Å². The summed E-state index contributed by atoms with van der Waals surface area (Å²) in [6.07, 6.45) is 0. The molecule has 0 fully saturated rings. The number of nitrogens with zero attached hydrogens (tertiary/aromatic N) is 4.